The summed E-state index contributed by atoms with van der Waals surface area (Å²) in [7, 11) is 0. The van der Waals surface area contributed by atoms with Gasteiger partial charge in [0.15, 0.2) is 6.19 Å². The minimum absolute atomic E-state index is 0.802. The summed E-state index contributed by atoms with van der Waals surface area (Å²) >= 11 is 0. The second-order valence-corrected chi connectivity index (χ2v) is 4.05. The second kappa shape index (κ2) is 5.85. The SMILES string of the molecule is CCCCCCC1CCN(C#N)C1. The summed E-state index contributed by atoms with van der Waals surface area (Å²) in [5.74, 6) is 0.802. The number of likely N-dealkylation sites (tertiary alicyclic amines) is 1. The van der Waals surface area contributed by atoms with E-state index in [-0.39, 0.29) is 0 Å². The Kier molecular flexibility index (Phi) is 4.67. The molecule has 1 saturated heterocycles. The highest BCUT2D eigenvalue weighted by atomic mass is 15.1. The van der Waals surface area contributed by atoms with Crippen molar-refractivity contribution in [1.82, 2.24) is 4.90 Å². The molecule has 0 aromatic carbocycles. The van der Waals surface area contributed by atoms with Crippen molar-refractivity contribution in [1.29, 1.82) is 5.26 Å². The first-order chi connectivity index (χ1) is 6.36. The van der Waals surface area contributed by atoms with Crippen molar-refractivity contribution in [2.75, 3.05) is 13.1 Å². The molecule has 1 aliphatic rings. The van der Waals surface area contributed by atoms with Crippen molar-refractivity contribution in [3.05, 3.63) is 0 Å². The number of hydrogen-bond acceptors (Lipinski definition) is 2. The molecule has 0 saturated carbocycles. The van der Waals surface area contributed by atoms with Gasteiger partial charge in [-0.1, -0.05) is 32.6 Å². The zero-order valence-corrected chi connectivity index (χ0v) is 8.63. The van der Waals surface area contributed by atoms with Gasteiger partial charge >= 0.3 is 0 Å². The Morgan fingerprint density at radius 1 is 1.38 bits per heavy atom. The molecule has 0 radical (unpaired) electrons. The Labute approximate surface area is 81.5 Å². The lowest BCUT2D eigenvalue weighted by molar-refractivity contribution is 0.428. The number of unbranched alkanes of at least 4 members (excludes halogenated alkanes) is 3. The summed E-state index contributed by atoms with van der Waals surface area (Å²) in [5, 5.41) is 8.67. The molecule has 2 heteroatoms. The second-order valence-electron chi connectivity index (χ2n) is 4.05. The summed E-state index contributed by atoms with van der Waals surface area (Å²) in [4.78, 5) is 1.89. The van der Waals surface area contributed by atoms with Crippen molar-refractivity contribution in [2.24, 2.45) is 5.92 Å². The van der Waals surface area contributed by atoms with Gasteiger partial charge in [-0.25, -0.2) is 0 Å². The molecule has 1 fully saturated rings. The van der Waals surface area contributed by atoms with E-state index >= 15 is 0 Å². The van der Waals surface area contributed by atoms with Gasteiger partial charge in [0.1, 0.15) is 0 Å². The fraction of sp³-hybridized carbons (Fsp3) is 0.909. The van der Waals surface area contributed by atoms with Gasteiger partial charge in [0, 0.05) is 13.1 Å². The minimum atomic E-state index is 0.802. The fourth-order valence-electron chi connectivity index (χ4n) is 2.02. The van der Waals surface area contributed by atoms with E-state index in [0.29, 0.717) is 0 Å². The molecule has 0 bridgehead atoms. The highest BCUT2D eigenvalue weighted by molar-refractivity contribution is 4.83. The van der Waals surface area contributed by atoms with Crippen molar-refractivity contribution in [2.45, 2.75) is 45.4 Å². The van der Waals surface area contributed by atoms with E-state index < -0.39 is 0 Å². The van der Waals surface area contributed by atoms with Crippen LogP contribution in [-0.4, -0.2) is 18.0 Å². The third kappa shape index (κ3) is 3.67. The van der Waals surface area contributed by atoms with E-state index in [4.69, 9.17) is 5.26 Å². The molecule has 1 aliphatic heterocycles. The smallest absolute Gasteiger partial charge is 0.179 e. The third-order valence-electron chi connectivity index (χ3n) is 2.89. The average molecular weight is 180 g/mol. The lowest BCUT2D eigenvalue weighted by atomic mass is 10.0. The Balaban J connectivity index is 2.01. The third-order valence-corrected chi connectivity index (χ3v) is 2.89. The predicted octanol–water partition coefficient (Wildman–Crippen LogP) is 2.76. The Morgan fingerprint density at radius 3 is 2.85 bits per heavy atom. The molecule has 0 spiro atoms. The lowest BCUT2D eigenvalue weighted by Crippen LogP contribution is -2.13. The fourth-order valence-corrected chi connectivity index (χ4v) is 2.02. The van der Waals surface area contributed by atoms with Crippen LogP contribution < -0.4 is 0 Å². The normalized spacial score (nSPS) is 21.8. The quantitative estimate of drug-likeness (QED) is 0.480. The van der Waals surface area contributed by atoms with Gasteiger partial charge in [-0.05, 0) is 18.8 Å². The van der Waals surface area contributed by atoms with Crippen molar-refractivity contribution in [3.63, 3.8) is 0 Å². The van der Waals surface area contributed by atoms with Crippen LogP contribution in [0.3, 0.4) is 0 Å². The molecule has 0 aromatic heterocycles. The summed E-state index contributed by atoms with van der Waals surface area (Å²) in [6.07, 6.45) is 10.2. The van der Waals surface area contributed by atoms with E-state index in [1.807, 2.05) is 4.90 Å². The molecule has 0 aromatic rings. The number of hydrogen-bond donors (Lipinski definition) is 0. The first kappa shape index (κ1) is 10.4. The van der Waals surface area contributed by atoms with Gasteiger partial charge in [-0.2, -0.15) is 5.26 Å². The van der Waals surface area contributed by atoms with Gasteiger partial charge in [0.2, 0.25) is 0 Å². The minimum Gasteiger partial charge on any atom is -0.310 e. The molecule has 13 heavy (non-hydrogen) atoms. The highest BCUT2D eigenvalue weighted by Gasteiger charge is 2.20. The summed E-state index contributed by atoms with van der Waals surface area (Å²) < 4.78 is 0. The zero-order chi connectivity index (χ0) is 9.52. The van der Waals surface area contributed by atoms with E-state index in [9.17, 15) is 0 Å². The highest BCUT2D eigenvalue weighted by Crippen LogP contribution is 2.21. The van der Waals surface area contributed by atoms with Crippen LogP contribution >= 0.6 is 0 Å². The van der Waals surface area contributed by atoms with Gasteiger partial charge in [0.25, 0.3) is 0 Å². The number of nitriles is 1. The van der Waals surface area contributed by atoms with Crippen LogP contribution in [0.25, 0.3) is 0 Å². The van der Waals surface area contributed by atoms with E-state index in [1.165, 1.54) is 38.5 Å². The van der Waals surface area contributed by atoms with Crippen molar-refractivity contribution >= 4 is 0 Å². The predicted molar refractivity (Wildman–Crippen MR) is 54.1 cm³/mol. The molecular weight excluding hydrogens is 160 g/mol. The van der Waals surface area contributed by atoms with Crippen molar-refractivity contribution in [3.8, 4) is 6.19 Å². The molecule has 0 aliphatic carbocycles. The van der Waals surface area contributed by atoms with Gasteiger partial charge < -0.3 is 4.90 Å². The molecule has 74 valence electrons. The molecule has 1 rings (SSSR count). The van der Waals surface area contributed by atoms with Crippen LogP contribution in [0.1, 0.15) is 45.4 Å². The van der Waals surface area contributed by atoms with Gasteiger partial charge in [-0.15, -0.1) is 0 Å². The summed E-state index contributed by atoms with van der Waals surface area (Å²) in [6.45, 7) is 4.25. The molecule has 1 unspecified atom stereocenters. The van der Waals surface area contributed by atoms with Crippen LogP contribution in [0.15, 0.2) is 0 Å². The van der Waals surface area contributed by atoms with E-state index in [2.05, 4.69) is 13.1 Å². The largest absolute Gasteiger partial charge is 0.310 e. The van der Waals surface area contributed by atoms with Crippen LogP contribution in [0.5, 0.6) is 0 Å². The summed E-state index contributed by atoms with van der Waals surface area (Å²) in [5.41, 5.74) is 0. The lowest BCUT2D eigenvalue weighted by Gasteiger charge is -2.08. The molecule has 0 N–H and O–H groups in total. The van der Waals surface area contributed by atoms with Gasteiger partial charge in [0.05, 0.1) is 0 Å². The van der Waals surface area contributed by atoms with Crippen molar-refractivity contribution < 1.29 is 0 Å². The average Bonchev–Trinajstić information content (AvgIpc) is 2.60. The first-order valence-corrected chi connectivity index (χ1v) is 5.51. The first-order valence-electron chi connectivity index (χ1n) is 5.51. The monoisotopic (exact) mass is 180 g/mol. The Bertz CT molecular complexity index is 171. The maximum Gasteiger partial charge on any atom is 0.179 e. The van der Waals surface area contributed by atoms with Crippen LogP contribution in [0.4, 0.5) is 0 Å². The maximum atomic E-state index is 8.67. The number of nitrogens with zero attached hydrogens (tertiary/aromatic N) is 2. The van der Waals surface area contributed by atoms with E-state index in [1.54, 1.807) is 0 Å². The van der Waals surface area contributed by atoms with E-state index in [0.717, 1.165) is 19.0 Å². The number of rotatable bonds is 5. The van der Waals surface area contributed by atoms with Crippen LogP contribution in [-0.2, 0) is 0 Å². The molecule has 0 amide bonds. The van der Waals surface area contributed by atoms with Gasteiger partial charge in [-0.3, -0.25) is 0 Å². The molecule has 1 atom stereocenters. The van der Waals surface area contributed by atoms with Crippen LogP contribution in [0.2, 0.25) is 0 Å². The Hall–Kier alpha value is -0.710. The summed E-state index contributed by atoms with van der Waals surface area (Å²) in [6, 6.07) is 0. The topological polar surface area (TPSA) is 27.0 Å². The van der Waals surface area contributed by atoms with Crippen LogP contribution in [0, 0.1) is 17.4 Å². The molecule has 2 nitrogen and oxygen atoms in total. The molecular formula is C11H20N2. The Morgan fingerprint density at radius 2 is 2.23 bits per heavy atom. The molecule has 1 heterocycles. The maximum absolute atomic E-state index is 8.67. The standard InChI is InChI=1S/C11H20N2/c1-2-3-4-5-6-11-7-8-13(9-11)10-12/h11H,2-9H2,1H3. The zero-order valence-electron chi connectivity index (χ0n) is 8.63.